The first-order valence-corrected chi connectivity index (χ1v) is 5.79. The molecule has 1 aromatic carbocycles. The second kappa shape index (κ2) is 4.53. The molecule has 1 aliphatic rings. The largest absolute Gasteiger partial charge is 0.269 e. The van der Waals surface area contributed by atoms with Crippen LogP contribution in [0, 0.1) is 0 Å². The summed E-state index contributed by atoms with van der Waals surface area (Å²) in [6.45, 7) is 4.29. The van der Waals surface area contributed by atoms with E-state index >= 15 is 0 Å². The zero-order valence-electron chi connectivity index (χ0n) is 10.0. The predicted molar refractivity (Wildman–Crippen MR) is 66.8 cm³/mol. The third-order valence-electron chi connectivity index (χ3n) is 3.14. The Labute approximate surface area is 101 Å². The lowest BCUT2D eigenvalue weighted by Crippen LogP contribution is -2.29. The Bertz CT molecular complexity index is 456. The van der Waals surface area contributed by atoms with Crippen molar-refractivity contribution in [1.29, 1.82) is 0 Å². The molecule has 3 heteroatoms. The maximum atomic E-state index is 11.5. The molecule has 2 amide bonds. The summed E-state index contributed by atoms with van der Waals surface area (Å²) in [7, 11) is 0. The lowest BCUT2D eigenvalue weighted by molar-refractivity contribution is -0.119. The Balaban J connectivity index is 2.24. The molecular weight excluding hydrogens is 214 g/mol. The predicted octanol–water partition coefficient (Wildman–Crippen LogP) is 2.63. The lowest BCUT2D eigenvalue weighted by atomic mass is 9.98. The molecule has 0 fully saturated rings. The summed E-state index contributed by atoms with van der Waals surface area (Å²) in [6, 6.07) is 7.60. The van der Waals surface area contributed by atoms with Crippen molar-refractivity contribution in [1.82, 2.24) is 0 Å². The van der Waals surface area contributed by atoms with E-state index in [0.717, 1.165) is 6.42 Å². The van der Waals surface area contributed by atoms with Crippen LogP contribution >= 0.6 is 0 Å². The van der Waals surface area contributed by atoms with Crippen molar-refractivity contribution >= 4 is 17.5 Å². The molecule has 1 atom stereocenters. The summed E-state index contributed by atoms with van der Waals surface area (Å²) in [6.07, 6.45) is 3.66. The molecule has 0 aromatic heterocycles. The highest BCUT2D eigenvalue weighted by Crippen LogP contribution is 2.24. The van der Waals surface area contributed by atoms with Gasteiger partial charge in [-0.15, -0.1) is 0 Å². The van der Waals surface area contributed by atoms with Crippen LogP contribution in [0.15, 0.2) is 36.4 Å². The molecule has 0 bridgehead atoms. The Morgan fingerprint density at radius 2 is 1.59 bits per heavy atom. The molecule has 0 saturated heterocycles. The van der Waals surface area contributed by atoms with Crippen molar-refractivity contribution in [3.8, 4) is 0 Å². The zero-order chi connectivity index (χ0) is 12.4. The second-order valence-corrected chi connectivity index (χ2v) is 4.25. The van der Waals surface area contributed by atoms with E-state index in [1.54, 1.807) is 0 Å². The van der Waals surface area contributed by atoms with Crippen LogP contribution in [0.5, 0.6) is 0 Å². The third-order valence-corrected chi connectivity index (χ3v) is 3.14. The Kier molecular flexibility index (Phi) is 3.09. The fraction of sp³-hybridized carbons (Fsp3) is 0.286. The van der Waals surface area contributed by atoms with Crippen LogP contribution in [-0.4, -0.2) is 11.8 Å². The number of carbonyl (C=O) groups excluding carboxylic acids is 2. The maximum Gasteiger partial charge on any atom is 0.258 e. The number of rotatable bonds is 3. The minimum atomic E-state index is -0.272. The van der Waals surface area contributed by atoms with Gasteiger partial charge in [0.05, 0.1) is 5.69 Å². The quantitative estimate of drug-likeness (QED) is 0.747. The van der Waals surface area contributed by atoms with E-state index in [1.807, 2.05) is 24.3 Å². The van der Waals surface area contributed by atoms with Crippen LogP contribution in [0.3, 0.4) is 0 Å². The molecule has 2 rings (SSSR count). The van der Waals surface area contributed by atoms with Crippen LogP contribution in [0.2, 0.25) is 0 Å². The first kappa shape index (κ1) is 11.6. The van der Waals surface area contributed by atoms with Gasteiger partial charge in [-0.05, 0) is 30.0 Å². The molecule has 0 spiro atoms. The van der Waals surface area contributed by atoms with Gasteiger partial charge in [0.1, 0.15) is 0 Å². The van der Waals surface area contributed by atoms with Gasteiger partial charge in [0.15, 0.2) is 0 Å². The van der Waals surface area contributed by atoms with Gasteiger partial charge in [-0.1, -0.05) is 26.0 Å². The number of amides is 2. The normalized spacial score (nSPS) is 16.7. The molecule has 17 heavy (non-hydrogen) atoms. The zero-order valence-corrected chi connectivity index (χ0v) is 10.0. The van der Waals surface area contributed by atoms with Gasteiger partial charge >= 0.3 is 0 Å². The van der Waals surface area contributed by atoms with Crippen LogP contribution < -0.4 is 4.90 Å². The number of hydrogen-bond donors (Lipinski definition) is 0. The SMILES string of the molecule is CCC(C)c1ccc(N2C(=O)C=CC2=O)cc1. The van der Waals surface area contributed by atoms with Gasteiger partial charge in [-0.25, -0.2) is 4.90 Å². The smallest absolute Gasteiger partial charge is 0.258 e. The Morgan fingerprint density at radius 3 is 2.06 bits per heavy atom. The molecule has 1 heterocycles. The van der Waals surface area contributed by atoms with Crippen molar-refractivity contribution in [3.05, 3.63) is 42.0 Å². The fourth-order valence-corrected chi connectivity index (χ4v) is 1.84. The third kappa shape index (κ3) is 2.13. The summed E-state index contributed by atoms with van der Waals surface area (Å²) in [5, 5.41) is 0. The molecular formula is C14H15NO2. The van der Waals surface area contributed by atoms with Gasteiger partial charge < -0.3 is 0 Å². The highest BCUT2D eigenvalue weighted by Gasteiger charge is 2.24. The molecule has 0 radical (unpaired) electrons. The molecule has 1 unspecified atom stereocenters. The number of imide groups is 1. The highest BCUT2D eigenvalue weighted by atomic mass is 16.2. The van der Waals surface area contributed by atoms with Gasteiger partial charge in [-0.3, -0.25) is 9.59 Å². The van der Waals surface area contributed by atoms with Gasteiger partial charge in [0, 0.05) is 12.2 Å². The molecule has 0 aliphatic carbocycles. The standard InChI is InChI=1S/C14H15NO2/c1-3-10(2)11-4-6-12(7-5-11)15-13(16)8-9-14(15)17/h4-10H,3H2,1-2H3. The van der Waals surface area contributed by atoms with E-state index in [4.69, 9.17) is 0 Å². The summed E-state index contributed by atoms with van der Waals surface area (Å²) in [5.74, 6) is -0.0512. The van der Waals surface area contributed by atoms with Gasteiger partial charge in [-0.2, -0.15) is 0 Å². The summed E-state index contributed by atoms with van der Waals surface area (Å²) in [4.78, 5) is 24.1. The summed E-state index contributed by atoms with van der Waals surface area (Å²) < 4.78 is 0. The number of carbonyl (C=O) groups is 2. The van der Waals surface area contributed by atoms with Crippen LogP contribution in [0.4, 0.5) is 5.69 Å². The first-order chi connectivity index (χ1) is 8.13. The molecule has 1 aromatic rings. The van der Waals surface area contributed by atoms with E-state index in [9.17, 15) is 9.59 Å². The van der Waals surface area contributed by atoms with Crippen molar-refractivity contribution in [3.63, 3.8) is 0 Å². The number of hydrogen-bond acceptors (Lipinski definition) is 2. The second-order valence-electron chi connectivity index (χ2n) is 4.25. The number of anilines is 1. The Hall–Kier alpha value is -1.90. The minimum absolute atomic E-state index is 0.272. The van der Waals surface area contributed by atoms with Crippen molar-refractivity contribution in [2.24, 2.45) is 0 Å². The van der Waals surface area contributed by atoms with Crippen LogP contribution in [0.25, 0.3) is 0 Å². The van der Waals surface area contributed by atoms with E-state index in [2.05, 4.69) is 13.8 Å². The topological polar surface area (TPSA) is 37.4 Å². The van der Waals surface area contributed by atoms with E-state index in [1.165, 1.54) is 22.6 Å². The van der Waals surface area contributed by atoms with E-state index in [0.29, 0.717) is 11.6 Å². The molecule has 3 nitrogen and oxygen atoms in total. The van der Waals surface area contributed by atoms with Gasteiger partial charge in [0.25, 0.3) is 11.8 Å². The van der Waals surface area contributed by atoms with E-state index in [-0.39, 0.29) is 11.8 Å². The van der Waals surface area contributed by atoms with Gasteiger partial charge in [0.2, 0.25) is 0 Å². The van der Waals surface area contributed by atoms with Crippen molar-refractivity contribution in [2.45, 2.75) is 26.2 Å². The highest BCUT2D eigenvalue weighted by molar-refractivity contribution is 6.28. The molecule has 0 N–H and O–H groups in total. The summed E-state index contributed by atoms with van der Waals surface area (Å²) in [5.41, 5.74) is 1.86. The number of benzene rings is 1. The average Bonchev–Trinajstić information content (AvgIpc) is 2.68. The maximum absolute atomic E-state index is 11.5. The first-order valence-electron chi connectivity index (χ1n) is 5.79. The number of nitrogens with zero attached hydrogens (tertiary/aromatic N) is 1. The minimum Gasteiger partial charge on any atom is -0.269 e. The van der Waals surface area contributed by atoms with Crippen LogP contribution in [-0.2, 0) is 9.59 Å². The van der Waals surface area contributed by atoms with Crippen LogP contribution in [0.1, 0.15) is 31.7 Å². The molecule has 0 saturated carbocycles. The van der Waals surface area contributed by atoms with E-state index < -0.39 is 0 Å². The average molecular weight is 229 g/mol. The monoisotopic (exact) mass is 229 g/mol. The van der Waals surface area contributed by atoms with Crippen molar-refractivity contribution in [2.75, 3.05) is 4.90 Å². The lowest BCUT2D eigenvalue weighted by Gasteiger charge is -2.15. The molecule has 1 aliphatic heterocycles. The molecule has 88 valence electrons. The fourth-order valence-electron chi connectivity index (χ4n) is 1.84. The summed E-state index contributed by atoms with van der Waals surface area (Å²) >= 11 is 0. The van der Waals surface area contributed by atoms with Crippen molar-refractivity contribution < 1.29 is 9.59 Å². The Morgan fingerprint density at radius 1 is 1.06 bits per heavy atom.